The van der Waals surface area contributed by atoms with Crippen LogP contribution >= 0.6 is 15.9 Å². The zero-order chi connectivity index (χ0) is 10.7. The van der Waals surface area contributed by atoms with Gasteiger partial charge in [0.05, 0.1) is 17.0 Å². The summed E-state index contributed by atoms with van der Waals surface area (Å²) in [6.45, 7) is 0.411. The van der Waals surface area contributed by atoms with Gasteiger partial charge < -0.3 is 9.15 Å². The zero-order valence-electron chi connectivity index (χ0n) is 7.74. The monoisotopic (exact) mass is 270 g/mol. The molecule has 2 aromatic rings. The second-order valence-electron chi connectivity index (χ2n) is 3.00. The highest BCUT2D eigenvalue weighted by Crippen LogP contribution is 2.22. The maximum atomic E-state index is 12.9. The first-order valence-electron chi connectivity index (χ1n) is 4.34. The molecular formula is C11H8BrFO2. The molecule has 1 heterocycles. The van der Waals surface area contributed by atoms with Crippen LogP contribution in [0.4, 0.5) is 4.39 Å². The van der Waals surface area contributed by atoms with Crippen LogP contribution in [-0.4, -0.2) is 0 Å². The van der Waals surface area contributed by atoms with Gasteiger partial charge in [0.1, 0.15) is 18.2 Å². The maximum absolute atomic E-state index is 12.9. The van der Waals surface area contributed by atoms with Gasteiger partial charge in [-0.05, 0) is 40.2 Å². The topological polar surface area (TPSA) is 22.4 Å². The lowest BCUT2D eigenvalue weighted by atomic mass is 10.3. The summed E-state index contributed by atoms with van der Waals surface area (Å²) in [5, 5.41) is 0. The summed E-state index contributed by atoms with van der Waals surface area (Å²) >= 11 is 3.09. The van der Waals surface area contributed by atoms with Crippen molar-refractivity contribution in [3.63, 3.8) is 0 Å². The first-order valence-corrected chi connectivity index (χ1v) is 5.14. The molecule has 0 radical (unpaired) electrons. The molecule has 0 N–H and O–H groups in total. The van der Waals surface area contributed by atoms with E-state index < -0.39 is 0 Å². The predicted octanol–water partition coefficient (Wildman–Crippen LogP) is 3.76. The molecule has 4 heteroatoms. The summed E-state index contributed by atoms with van der Waals surface area (Å²) in [7, 11) is 0. The van der Waals surface area contributed by atoms with E-state index in [9.17, 15) is 4.39 Å². The second-order valence-corrected chi connectivity index (χ2v) is 3.85. The Morgan fingerprint density at radius 2 is 2.20 bits per heavy atom. The lowest BCUT2D eigenvalue weighted by Crippen LogP contribution is -1.93. The molecule has 0 aliphatic rings. The van der Waals surface area contributed by atoms with E-state index >= 15 is 0 Å². The average Bonchev–Trinajstić information content (AvgIpc) is 2.73. The van der Waals surface area contributed by atoms with Crippen molar-refractivity contribution in [3.05, 3.63) is 52.6 Å². The summed E-state index contributed by atoms with van der Waals surface area (Å²) in [6.07, 6.45) is 3.19. The second kappa shape index (κ2) is 4.49. The number of ether oxygens (including phenoxy) is 1. The molecule has 1 aromatic carbocycles. The number of halogens is 2. The molecule has 78 valence electrons. The normalized spacial score (nSPS) is 10.3. The Bertz CT molecular complexity index is 440. The van der Waals surface area contributed by atoms with E-state index in [2.05, 4.69) is 15.9 Å². The number of hydrogen-bond donors (Lipinski definition) is 0. The van der Waals surface area contributed by atoms with Crippen LogP contribution in [0.5, 0.6) is 5.75 Å². The van der Waals surface area contributed by atoms with Crippen molar-refractivity contribution in [1.82, 2.24) is 0 Å². The van der Waals surface area contributed by atoms with Crippen LogP contribution in [0.3, 0.4) is 0 Å². The van der Waals surface area contributed by atoms with Crippen LogP contribution in [0, 0.1) is 5.82 Å². The van der Waals surface area contributed by atoms with Crippen LogP contribution in [0.2, 0.25) is 0 Å². The van der Waals surface area contributed by atoms with Crippen molar-refractivity contribution in [3.8, 4) is 5.75 Å². The fourth-order valence-electron chi connectivity index (χ4n) is 1.11. The van der Waals surface area contributed by atoms with Crippen LogP contribution < -0.4 is 4.74 Å². The minimum atomic E-state index is -0.300. The third-order valence-corrected chi connectivity index (χ3v) is 2.48. The third kappa shape index (κ3) is 2.59. The van der Waals surface area contributed by atoms with Gasteiger partial charge in [0.25, 0.3) is 0 Å². The SMILES string of the molecule is Fc1ccc(OCc2ccoc2)cc1Br. The van der Waals surface area contributed by atoms with Gasteiger partial charge in [-0.25, -0.2) is 4.39 Å². The summed E-state index contributed by atoms with van der Waals surface area (Å²) in [4.78, 5) is 0. The molecule has 15 heavy (non-hydrogen) atoms. The molecular weight excluding hydrogens is 263 g/mol. The van der Waals surface area contributed by atoms with Gasteiger partial charge in [0, 0.05) is 5.56 Å². The Balaban J connectivity index is 2.02. The molecule has 0 atom stereocenters. The lowest BCUT2D eigenvalue weighted by Gasteiger charge is -2.04. The predicted molar refractivity (Wildman–Crippen MR) is 57.1 cm³/mol. The molecule has 0 saturated carbocycles. The van der Waals surface area contributed by atoms with E-state index in [1.54, 1.807) is 24.7 Å². The largest absolute Gasteiger partial charge is 0.489 e. The maximum Gasteiger partial charge on any atom is 0.137 e. The Morgan fingerprint density at radius 3 is 2.87 bits per heavy atom. The highest BCUT2D eigenvalue weighted by molar-refractivity contribution is 9.10. The Labute approximate surface area is 94.8 Å². The Kier molecular flexibility index (Phi) is 3.06. The molecule has 0 saturated heterocycles. The lowest BCUT2D eigenvalue weighted by molar-refractivity contribution is 0.304. The summed E-state index contributed by atoms with van der Waals surface area (Å²) in [6, 6.07) is 6.35. The minimum absolute atomic E-state index is 0.300. The molecule has 0 aliphatic carbocycles. The Hall–Kier alpha value is -1.29. The van der Waals surface area contributed by atoms with Crippen LogP contribution in [-0.2, 0) is 6.61 Å². The van der Waals surface area contributed by atoms with E-state index in [1.165, 1.54) is 6.07 Å². The standard InChI is InChI=1S/C11H8BrFO2/c12-10-5-9(1-2-11(10)13)15-7-8-3-4-14-6-8/h1-6H,7H2. The summed E-state index contributed by atoms with van der Waals surface area (Å²) < 4.78 is 23.6. The number of benzene rings is 1. The third-order valence-electron chi connectivity index (χ3n) is 1.88. The molecule has 0 bridgehead atoms. The molecule has 0 fully saturated rings. The van der Waals surface area contributed by atoms with Gasteiger partial charge in [-0.15, -0.1) is 0 Å². The van der Waals surface area contributed by atoms with E-state index in [0.29, 0.717) is 16.8 Å². The molecule has 2 rings (SSSR count). The van der Waals surface area contributed by atoms with Crippen LogP contribution in [0.15, 0.2) is 45.7 Å². The first kappa shape index (κ1) is 10.2. The van der Waals surface area contributed by atoms with E-state index in [0.717, 1.165) is 5.56 Å². The molecule has 0 spiro atoms. The van der Waals surface area contributed by atoms with E-state index in [4.69, 9.17) is 9.15 Å². The molecule has 1 aromatic heterocycles. The van der Waals surface area contributed by atoms with Gasteiger partial charge >= 0.3 is 0 Å². The van der Waals surface area contributed by atoms with Gasteiger partial charge in [-0.2, -0.15) is 0 Å². The number of hydrogen-bond acceptors (Lipinski definition) is 2. The number of rotatable bonds is 3. The van der Waals surface area contributed by atoms with Crippen molar-refractivity contribution in [2.75, 3.05) is 0 Å². The van der Waals surface area contributed by atoms with Crippen LogP contribution in [0.1, 0.15) is 5.56 Å². The summed E-state index contributed by atoms with van der Waals surface area (Å²) in [5.41, 5.74) is 0.940. The molecule has 0 amide bonds. The van der Waals surface area contributed by atoms with Gasteiger partial charge in [-0.1, -0.05) is 0 Å². The molecule has 2 nitrogen and oxygen atoms in total. The fourth-order valence-corrected chi connectivity index (χ4v) is 1.47. The quantitative estimate of drug-likeness (QED) is 0.848. The Morgan fingerprint density at radius 1 is 1.33 bits per heavy atom. The highest BCUT2D eigenvalue weighted by atomic mass is 79.9. The van der Waals surface area contributed by atoms with Crippen molar-refractivity contribution < 1.29 is 13.5 Å². The van der Waals surface area contributed by atoms with Gasteiger partial charge in [0.2, 0.25) is 0 Å². The number of furan rings is 1. The fraction of sp³-hybridized carbons (Fsp3) is 0.0909. The highest BCUT2D eigenvalue weighted by Gasteiger charge is 2.01. The summed E-state index contributed by atoms with van der Waals surface area (Å²) in [5.74, 6) is 0.315. The van der Waals surface area contributed by atoms with Crippen LogP contribution in [0.25, 0.3) is 0 Å². The molecule has 0 unspecified atom stereocenters. The van der Waals surface area contributed by atoms with Gasteiger partial charge in [-0.3, -0.25) is 0 Å². The van der Waals surface area contributed by atoms with Gasteiger partial charge in [0.15, 0.2) is 0 Å². The zero-order valence-corrected chi connectivity index (χ0v) is 9.33. The molecule has 0 aliphatic heterocycles. The average molecular weight is 271 g/mol. The van der Waals surface area contributed by atoms with E-state index in [1.807, 2.05) is 6.07 Å². The minimum Gasteiger partial charge on any atom is -0.489 e. The van der Waals surface area contributed by atoms with Crippen molar-refractivity contribution in [2.24, 2.45) is 0 Å². The van der Waals surface area contributed by atoms with Crippen molar-refractivity contribution >= 4 is 15.9 Å². The first-order chi connectivity index (χ1) is 7.25. The smallest absolute Gasteiger partial charge is 0.137 e. The van der Waals surface area contributed by atoms with Crippen molar-refractivity contribution in [2.45, 2.75) is 6.61 Å². The van der Waals surface area contributed by atoms with E-state index in [-0.39, 0.29) is 5.82 Å². The van der Waals surface area contributed by atoms with Crippen molar-refractivity contribution in [1.29, 1.82) is 0 Å².